The maximum atomic E-state index is 6.46. The summed E-state index contributed by atoms with van der Waals surface area (Å²) in [7, 11) is -1.96. The molecule has 0 bridgehead atoms. The highest BCUT2D eigenvalue weighted by Crippen LogP contribution is 2.42. The van der Waals surface area contributed by atoms with Crippen LogP contribution in [0.5, 0.6) is 0 Å². The zero-order valence-corrected chi connectivity index (χ0v) is 18.4. The zero-order chi connectivity index (χ0) is 19.3. The lowest BCUT2D eigenvalue weighted by Crippen LogP contribution is -2.46. The average molecular weight is 357 g/mol. The molecule has 0 aliphatic rings. The molecular weight excluding hydrogens is 320 g/mol. The lowest BCUT2D eigenvalue weighted by atomic mass is 9.78. The monoisotopic (exact) mass is 356 g/mol. The fourth-order valence-electron chi connectivity index (χ4n) is 4.21. The lowest BCUT2D eigenvalue weighted by Gasteiger charge is -2.39. The SMILES string of the molecule is C=C(C)CC(C)(C#CO[Si](C(C)C)(C(C)C)C(C)C)c1ccccc1. The molecule has 2 heteroatoms. The largest absolute Gasteiger partial charge is 0.500 e. The van der Waals surface area contributed by atoms with Crippen LogP contribution in [0.3, 0.4) is 0 Å². The highest BCUT2D eigenvalue weighted by Gasteiger charge is 2.47. The van der Waals surface area contributed by atoms with Crippen molar-refractivity contribution >= 4 is 8.32 Å². The van der Waals surface area contributed by atoms with Crippen molar-refractivity contribution in [1.82, 2.24) is 0 Å². The Morgan fingerprint density at radius 1 is 1.04 bits per heavy atom. The van der Waals surface area contributed by atoms with Crippen molar-refractivity contribution in [1.29, 1.82) is 0 Å². The molecule has 1 unspecified atom stereocenters. The first-order valence-corrected chi connectivity index (χ1v) is 11.6. The standard InChI is InChI=1S/C23H36OSi/c1-18(2)17-23(9,22-13-11-10-12-14-22)15-16-24-25(19(3)4,20(5)6)21(7)8/h10-14,19-21H,1,17H2,2-9H3. The summed E-state index contributed by atoms with van der Waals surface area (Å²) in [5, 5.41) is 0. The van der Waals surface area contributed by atoms with E-state index >= 15 is 0 Å². The van der Waals surface area contributed by atoms with Gasteiger partial charge in [-0.2, -0.15) is 0 Å². The van der Waals surface area contributed by atoms with Crippen LogP contribution in [-0.2, 0) is 9.84 Å². The first-order valence-electron chi connectivity index (χ1n) is 9.46. The molecule has 1 atom stereocenters. The van der Waals surface area contributed by atoms with Gasteiger partial charge in [0.2, 0.25) is 0 Å². The Morgan fingerprint density at radius 2 is 1.52 bits per heavy atom. The maximum absolute atomic E-state index is 6.46. The molecule has 138 valence electrons. The topological polar surface area (TPSA) is 9.23 Å². The van der Waals surface area contributed by atoms with Crippen LogP contribution in [0.25, 0.3) is 0 Å². The normalized spacial score (nSPS) is 14.2. The summed E-state index contributed by atoms with van der Waals surface area (Å²) in [5.41, 5.74) is 3.70. The van der Waals surface area contributed by atoms with E-state index in [1.54, 1.807) is 0 Å². The van der Waals surface area contributed by atoms with Crippen LogP contribution in [0.15, 0.2) is 42.5 Å². The minimum Gasteiger partial charge on any atom is -0.500 e. The molecular formula is C23H36OSi. The Bertz CT molecular complexity index is 597. The molecule has 0 aliphatic heterocycles. The van der Waals surface area contributed by atoms with Crippen molar-refractivity contribution in [2.24, 2.45) is 0 Å². The molecule has 0 saturated carbocycles. The highest BCUT2D eigenvalue weighted by molar-refractivity contribution is 6.77. The van der Waals surface area contributed by atoms with Gasteiger partial charge in [0, 0.05) is 0 Å². The van der Waals surface area contributed by atoms with E-state index < -0.39 is 8.32 Å². The molecule has 1 aromatic rings. The predicted molar refractivity (Wildman–Crippen MR) is 113 cm³/mol. The second-order valence-electron chi connectivity index (χ2n) is 8.48. The quantitative estimate of drug-likeness (QED) is 0.288. The molecule has 0 fully saturated rings. The number of allylic oxidation sites excluding steroid dienone is 1. The van der Waals surface area contributed by atoms with Gasteiger partial charge in [0.25, 0.3) is 8.32 Å². The van der Waals surface area contributed by atoms with Crippen LogP contribution in [0.2, 0.25) is 16.6 Å². The summed E-state index contributed by atoms with van der Waals surface area (Å²) in [4.78, 5) is 0. The van der Waals surface area contributed by atoms with E-state index in [1.165, 1.54) is 5.56 Å². The number of rotatable bonds is 7. The summed E-state index contributed by atoms with van der Waals surface area (Å²) < 4.78 is 6.46. The average Bonchev–Trinajstić information content (AvgIpc) is 2.50. The fraction of sp³-hybridized carbons (Fsp3) is 0.565. The molecule has 1 rings (SSSR count). The van der Waals surface area contributed by atoms with E-state index in [0.29, 0.717) is 16.6 Å². The van der Waals surface area contributed by atoms with Gasteiger partial charge < -0.3 is 4.43 Å². The first kappa shape index (κ1) is 21.6. The predicted octanol–water partition coefficient (Wildman–Crippen LogP) is 7.06. The number of hydrogen-bond donors (Lipinski definition) is 0. The molecule has 1 nitrogen and oxygen atoms in total. The highest BCUT2D eigenvalue weighted by atomic mass is 28.4. The third-order valence-electron chi connectivity index (χ3n) is 5.33. The van der Waals surface area contributed by atoms with Gasteiger partial charge in [0.05, 0.1) is 11.5 Å². The van der Waals surface area contributed by atoms with Crippen LogP contribution < -0.4 is 0 Å². The molecule has 0 aromatic heterocycles. The molecule has 0 N–H and O–H groups in total. The Morgan fingerprint density at radius 3 is 1.92 bits per heavy atom. The zero-order valence-electron chi connectivity index (χ0n) is 17.4. The molecule has 0 spiro atoms. The van der Waals surface area contributed by atoms with Crippen LogP contribution in [-0.4, -0.2) is 8.32 Å². The third-order valence-corrected chi connectivity index (χ3v) is 11.2. The summed E-state index contributed by atoms with van der Waals surface area (Å²) >= 11 is 0. The summed E-state index contributed by atoms with van der Waals surface area (Å²) in [6.07, 6.45) is 4.03. The van der Waals surface area contributed by atoms with E-state index in [9.17, 15) is 0 Å². The molecule has 0 aliphatic carbocycles. The minimum absolute atomic E-state index is 0.266. The minimum atomic E-state index is -1.96. The van der Waals surface area contributed by atoms with Gasteiger partial charge in [-0.1, -0.05) is 77.4 Å². The Balaban J connectivity index is 3.25. The smallest absolute Gasteiger partial charge is 0.272 e. The van der Waals surface area contributed by atoms with Crippen LogP contribution >= 0.6 is 0 Å². The molecule has 0 heterocycles. The summed E-state index contributed by atoms with van der Waals surface area (Å²) in [6.45, 7) is 22.1. The van der Waals surface area contributed by atoms with Crippen molar-refractivity contribution in [3.05, 3.63) is 48.0 Å². The van der Waals surface area contributed by atoms with Crippen LogP contribution in [0, 0.1) is 12.0 Å². The van der Waals surface area contributed by atoms with E-state index in [-0.39, 0.29) is 5.41 Å². The fourth-order valence-corrected chi connectivity index (χ4v) is 9.14. The lowest BCUT2D eigenvalue weighted by molar-refractivity contribution is 0.443. The number of hydrogen-bond acceptors (Lipinski definition) is 1. The molecule has 25 heavy (non-hydrogen) atoms. The van der Waals surface area contributed by atoms with Crippen molar-refractivity contribution in [3.8, 4) is 12.0 Å². The molecule has 0 amide bonds. The second-order valence-corrected chi connectivity index (χ2v) is 13.9. The van der Waals surface area contributed by atoms with Gasteiger partial charge in [0.1, 0.15) is 0 Å². The Hall–Kier alpha value is -1.46. The van der Waals surface area contributed by atoms with Crippen LogP contribution in [0.4, 0.5) is 0 Å². The van der Waals surface area contributed by atoms with E-state index in [4.69, 9.17) is 4.43 Å². The second kappa shape index (κ2) is 8.76. The van der Waals surface area contributed by atoms with E-state index in [1.807, 2.05) is 6.07 Å². The van der Waals surface area contributed by atoms with Gasteiger partial charge >= 0.3 is 0 Å². The molecule has 1 aromatic carbocycles. The van der Waals surface area contributed by atoms with Crippen LogP contribution in [0.1, 0.15) is 67.4 Å². The Labute approximate surface area is 157 Å². The van der Waals surface area contributed by atoms with Gasteiger partial charge in [-0.15, -0.1) is 6.58 Å². The third kappa shape index (κ3) is 5.01. The summed E-state index contributed by atoms with van der Waals surface area (Å²) in [5.74, 6) is 3.47. The molecule has 0 radical (unpaired) electrons. The van der Waals surface area contributed by atoms with E-state index in [0.717, 1.165) is 12.0 Å². The van der Waals surface area contributed by atoms with Crippen molar-refractivity contribution < 1.29 is 4.43 Å². The van der Waals surface area contributed by atoms with Crippen molar-refractivity contribution in [2.45, 2.75) is 83.8 Å². The Kier molecular flexibility index (Phi) is 7.56. The van der Waals surface area contributed by atoms with Gasteiger partial charge in [-0.3, -0.25) is 0 Å². The van der Waals surface area contributed by atoms with Gasteiger partial charge in [-0.05, 0) is 48.4 Å². The molecule has 0 saturated heterocycles. The van der Waals surface area contributed by atoms with Crippen molar-refractivity contribution in [2.75, 3.05) is 0 Å². The van der Waals surface area contributed by atoms with Gasteiger partial charge in [0.15, 0.2) is 0 Å². The maximum Gasteiger partial charge on any atom is 0.272 e. The van der Waals surface area contributed by atoms with E-state index in [2.05, 4.69) is 98.3 Å². The summed E-state index contributed by atoms with van der Waals surface area (Å²) in [6, 6.07) is 10.5. The number of benzene rings is 1. The van der Waals surface area contributed by atoms with Crippen molar-refractivity contribution in [3.63, 3.8) is 0 Å². The first-order chi connectivity index (χ1) is 11.6. The van der Waals surface area contributed by atoms with Gasteiger partial charge in [-0.25, -0.2) is 0 Å².